The monoisotopic (exact) mass is 410 g/mol. The van der Waals surface area contributed by atoms with Gasteiger partial charge in [0, 0.05) is 31.8 Å². The van der Waals surface area contributed by atoms with Gasteiger partial charge >= 0.3 is 0 Å². The summed E-state index contributed by atoms with van der Waals surface area (Å²) in [5.74, 6) is 1.05. The molecule has 0 saturated carbocycles. The number of fused-ring (bicyclic) bond motifs is 3. The molecule has 7 nitrogen and oxygen atoms in total. The highest BCUT2D eigenvalue weighted by Gasteiger charge is 2.44. The van der Waals surface area contributed by atoms with E-state index in [4.69, 9.17) is 0 Å². The van der Waals surface area contributed by atoms with Crippen LogP contribution in [0.25, 0.3) is 0 Å². The van der Waals surface area contributed by atoms with E-state index in [0.717, 1.165) is 31.6 Å². The average Bonchev–Trinajstić information content (AvgIpc) is 3.35. The number of nitrogens with zero attached hydrogens (tertiary/aromatic N) is 3. The van der Waals surface area contributed by atoms with E-state index < -0.39 is 0 Å². The SMILES string of the molecule is CCCCCNC(=O)CCC1=NNC2C3CC(c4ccc(C)c(C)c4)NN3C=CN12. The smallest absolute Gasteiger partial charge is 0.220 e. The maximum atomic E-state index is 12.1. The molecule has 1 fully saturated rings. The van der Waals surface area contributed by atoms with Gasteiger partial charge in [0.2, 0.25) is 5.91 Å². The van der Waals surface area contributed by atoms with Crippen LogP contribution >= 0.6 is 0 Å². The van der Waals surface area contributed by atoms with Crippen LogP contribution in [-0.2, 0) is 4.79 Å². The maximum Gasteiger partial charge on any atom is 0.220 e. The molecule has 3 aliphatic rings. The van der Waals surface area contributed by atoms with Crippen LogP contribution in [0.1, 0.15) is 68.2 Å². The Balaban J connectivity index is 1.31. The van der Waals surface area contributed by atoms with E-state index in [1.165, 1.54) is 23.1 Å². The van der Waals surface area contributed by atoms with Gasteiger partial charge in [-0.2, -0.15) is 5.10 Å². The summed E-state index contributed by atoms with van der Waals surface area (Å²) in [6.07, 6.45) is 9.75. The van der Waals surface area contributed by atoms with E-state index in [1.807, 2.05) is 0 Å². The van der Waals surface area contributed by atoms with E-state index in [-0.39, 0.29) is 18.1 Å². The number of amidine groups is 1. The molecule has 3 atom stereocenters. The number of unbranched alkanes of at least 4 members (excludes halogenated alkanes) is 2. The molecule has 3 heterocycles. The van der Waals surface area contributed by atoms with Crippen molar-refractivity contribution < 1.29 is 4.79 Å². The molecule has 0 spiro atoms. The molecular weight excluding hydrogens is 376 g/mol. The first-order chi connectivity index (χ1) is 14.6. The zero-order valence-electron chi connectivity index (χ0n) is 18.3. The Kier molecular flexibility index (Phi) is 6.27. The predicted molar refractivity (Wildman–Crippen MR) is 119 cm³/mol. The summed E-state index contributed by atoms with van der Waals surface area (Å²) >= 11 is 0. The minimum absolute atomic E-state index is 0.0988. The lowest BCUT2D eigenvalue weighted by atomic mass is 9.97. The highest BCUT2D eigenvalue weighted by atomic mass is 16.1. The van der Waals surface area contributed by atoms with Crippen LogP contribution in [0.2, 0.25) is 0 Å². The summed E-state index contributed by atoms with van der Waals surface area (Å²) in [5.41, 5.74) is 10.9. The molecule has 3 unspecified atom stereocenters. The molecule has 7 heteroatoms. The molecule has 0 radical (unpaired) electrons. The highest BCUT2D eigenvalue weighted by Crippen LogP contribution is 2.34. The fraction of sp³-hybridized carbons (Fsp3) is 0.565. The van der Waals surface area contributed by atoms with Crippen molar-refractivity contribution in [3.8, 4) is 0 Å². The van der Waals surface area contributed by atoms with Crippen molar-refractivity contribution in [2.45, 2.75) is 77.5 Å². The first-order valence-electron chi connectivity index (χ1n) is 11.2. The number of rotatable bonds is 8. The zero-order chi connectivity index (χ0) is 21.1. The fourth-order valence-corrected chi connectivity index (χ4v) is 4.43. The number of nitrogens with one attached hydrogen (secondary N) is 3. The topological polar surface area (TPSA) is 72.0 Å². The Hall–Kier alpha value is -2.54. The van der Waals surface area contributed by atoms with Gasteiger partial charge in [-0.15, -0.1) is 0 Å². The van der Waals surface area contributed by atoms with Crippen molar-refractivity contribution in [2.75, 3.05) is 6.54 Å². The normalized spacial score (nSPS) is 24.4. The van der Waals surface area contributed by atoms with Gasteiger partial charge in [-0.25, -0.2) is 5.43 Å². The van der Waals surface area contributed by atoms with Crippen molar-refractivity contribution in [1.82, 2.24) is 26.1 Å². The lowest BCUT2D eigenvalue weighted by molar-refractivity contribution is -0.120. The second-order valence-corrected chi connectivity index (χ2v) is 8.60. The van der Waals surface area contributed by atoms with Crippen molar-refractivity contribution in [3.05, 3.63) is 47.3 Å². The number of hydrogen-bond acceptors (Lipinski definition) is 6. The van der Waals surface area contributed by atoms with E-state index in [1.54, 1.807) is 0 Å². The van der Waals surface area contributed by atoms with Gasteiger partial charge in [0.1, 0.15) is 12.0 Å². The maximum absolute atomic E-state index is 12.1. The van der Waals surface area contributed by atoms with Crippen LogP contribution in [0.4, 0.5) is 0 Å². The molecule has 4 rings (SSSR count). The van der Waals surface area contributed by atoms with Gasteiger partial charge in [-0.3, -0.25) is 10.2 Å². The molecular formula is C23H34N6O. The molecule has 1 amide bonds. The molecule has 3 aliphatic heterocycles. The minimum atomic E-state index is 0.0988. The van der Waals surface area contributed by atoms with Crippen LogP contribution in [0.5, 0.6) is 0 Å². The summed E-state index contributed by atoms with van der Waals surface area (Å²) in [7, 11) is 0. The van der Waals surface area contributed by atoms with E-state index >= 15 is 0 Å². The number of hydrogen-bond donors (Lipinski definition) is 3. The molecule has 0 aliphatic carbocycles. The molecule has 0 aromatic heterocycles. The molecule has 1 saturated heterocycles. The van der Waals surface area contributed by atoms with Gasteiger partial charge < -0.3 is 15.2 Å². The average molecular weight is 411 g/mol. The number of carbonyl (C=O) groups excluding carboxylic acids is 1. The quantitative estimate of drug-likeness (QED) is 0.575. The Bertz CT molecular complexity index is 835. The van der Waals surface area contributed by atoms with Gasteiger partial charge in [0.25, 0.3) is 0 Å². The van der Waals surface area contributed by atoms with E-state index in [9.17, 15) is 4.79 Å². The van der Waals surface area contributed by atoms with Crippen LogP contribution in [0, 0.1) is 13.8 Å². The number of hydrazone groups is 1. The highest BCUT2D eigenvalue weighted by molar-refractivity contribution is 5.89. The molecule has 162 valence electrons. The molecule has 1 aromatic carbocycles. The summed E-state index contributed by atoms with van der Waals surface area (Å²) in [4.78, 5) is 14.3. The first kappa shape index (κ1) is 20.7. The van der Waals surface area contributed by atoms with Crippen molar-refractivity contribution >= 4 is 11.7 Å². The van der Waals surface area contributed by atoms with Crippen molar-refractivity contribution in [1.29, 1.82) is 0 Å². The Morgan fingerprint density at radius 2 is 2.10 bits per heavy atom. The molecule has 0 bridgehead atoms. The second kappa shape index (κ2) is 9.08. The van der Waals surface area contributed by atoms with Gasteiger partial charge in [0.15, 0.2) is 0 Å². The Labute approximate surface area is 179 Å². The van der Waals surface area contributed by atoms with Crippen LogP contribution in [0.3, 0.4) is 0 Å². The summed E-state index contributed by atoms with van der Waals surface area (Å²) in [6.45, 7) is 7.26. The number of benzene rings is 1. The largest absolute Gasteiger partial charge is 0.356 e. The van der Waals surface area contributed by atoms with E-state index in [2.05, 4.69) is 82.5 Å². The minimum Gasteiger partial charge on any atom is -0.356 e. The zero-order valence-corrected chi connectivity index (χ0v) is 18.3. The predicted octanol–water partition coefficient (Wildman–Crippen LogP) is 3.04. The van der Waals surface area contributed by atoms with Gasteiger partial charge in [0.05, 0.1) is 12.1 Å². The fourth-order valence-electron chi connectivity index (χ4n) is 4.43. The Morgan fingerprint density at radius 1 is 1.23 bits per heavy atom. The van der Waals surface area contributed by atoms with Gasteiger partial charge in [-0.05, 0) is 43.4 Å². The van der Waals surface area contributed by atoms with Crippen molar-refractivity contribution in [3.63, 3.8) is 0 Å². The third-order valence-electron chi connectivity index (χ3n) is 6.43. The number of aryl methyl sites for hydroxylation is 2. The van der Waals surface area contributed by atoms with Gasteiger partial charge in [-0.1, -0.05) is 38.0 Å². The van der Waals surface area contributed by atoms with Crippen molar-refractivity contribution in [2.24, 2.45) is 5.10 Å². The Morgan fingerprint density at radius 3 is 2.90 bits per heavy atom. The molecule has 1 aromatic rings. The molecule has 3 N–H and O–H groups in total. The van der Waals surface area contributed by atoms with Crippen LogP contribution in [0.15, 0.2) is 35.7 Å². The number of amides is 1. The number of carbonyl (C=O) groups is 1. The second-order valence-electron chi connectivity index (χ2n) is 8.60. The van der Waals surface area contributed by atoms with Crippen LogP contribution < -0.4 is 16.2 Å². The first-order valence-corrected chi connectivity index (χ1v) is 11.2. The molecule has 30 heavy (non-hydrogen) atoms. The number of hydrazine groups is 1. The lowest BCUT2D eigenvalue weighted by Gasteiger charge is -2.37. The van der Waals surface area contributed by atoms with Crippen LogP contribution in [-0.4, -0.2) is 40.4 Å². The summed E-state index contributed by atoms with van der Waals surface area (Å²) in [6, 6.07) is 7.29. The third-order valence-corrected chi connectivity index (χ3v) is 6.43. The summed E-state index contributed by atoms with van der Waals surface area (Å²) in [5, 5.41) is 9.77. The third kappa shape index (κ3) is 4.31. The summed E-state index contributed by atoms with van der Waals surface area (Å²) < 4.78 is 0. The lowest BCUT2D eigenvalue weighted by Crippen LogP contribution is -2.54. The van der Waals surface area contributed by atoms with E-state index in [0.29, 0.717) is 18.9 Å². The standard InChI is InChI=1S/C23H34N6O/c1-4-5-6-11-24-22(30)10-9-21-25-26-23-20-15-19(27-29(20)13-12-28(21)23)18-8-7-16(2)17(3)14-18/h7-8,12-14,19-20,23,26-27H,4-6,9-11,15H2,1-3H3,(H,24,30).